The second-order valence-corrected chi connectivity index (χ2v) is 7.46. The Morgan fingerprint density at radius 1 is 1.30 bits per heavy atom. The van der Waals surface area contributed by atoms with E-state index >= 15 is 0 Å². The highest BCUT2D eigenvalue weighted by molar-refractivity contribution is 7.91. The number of fused-ring (bicyclic) bond motifs is 1. The van der Waals surface area contributed by atoms with Gasteiger partial charge < -0.3 is 4.98 Å². The lowest BCUT2D eigenvalue weighted by atomic mass is 10.2. The van der Waals surface area contributed by atoms with E-state index in [9.17, 15) is 18.0 Å². The van der Waals surface area contributed by atoms with Crippen LogP contribution in [0.2, 0.25) is 5.02 Å². The van der Waals surface area contributed by atoms with Crippen LogP contribution in [0.15, 0.2) is 27.8 Å². The summed E-state index contributed by atoms with van der Waals surface area (Å²) in [7, 11) is -3.18. The first-order valence-electron chi connectivity index (χ1n) is 6.02. The molecule has 1 N–H and O–H groups in total. The molecule has 1 aliphatic heterocycles. The summed E-state index contributed by atoms with van der Waals surface area (Å²) in [4.78, 5) is 27.0. The Hall–Kier alpha value is -1.60. The van der Waals surface area contributed by atoms with Crippen LogP contribution in [0.25, 0.3) is 10.9 Å². The number of rotatable bonds is 1. The van der Waals surface area contributed by atoms with Crippen molar-refractivity contribution in [3.05, 3.63) is 44.1 Å². The maximum Gasteiger partial charge on any atom is 0.329 e. The lowest BCUT2D eigenvalue weighted by molar-refractivity contribution is 0.517. The highest BCUT2D eigenvalue weighted by Crippen LogP contribution is 2.22. The van der Waals surface area contributed by atoms with Crippen molar-refractivity contribution in [1.29, 1.82) is 0 Å². The van der Waals surface area contributed by atoms with Crippen molar-refractivity contribution in [3.63, 3.8) is 0 Å². The molecule has 0 aliphatic carbocycles. The standard InChI is InChI=1S/C12H11ClN2O4S/c13-9-3-1-2-8-10(9)14-12(17)15(11(8)16)7-4-5-20(18,19)6-7/h1-3,7H,4-6H2,(H,14,17). The molecule has 20 heavy (non-hydrogen) atoms. The molecule has 8 heteroatoms. The maximum absolute atomic E-state index is 12.4. The Morgan fingerprint density at radius 2 is 2.05 bits per heavy atom. The molecule has 1 fully saturated rings. The van der Waals surface area contributed by atoms with Crippen LogP contribution in [0.4, 0.5) is 0 Å². The summed E-state index contributed by atoms with van der Waals surface area (Å²) in [5, 5.41) is 0.560. The number of aromatic nitrogens is 2. The monoisotopic (exact) mass is 314 g/mol. The normalized spacial score (nSPS) is 21.4. The highest BCUT2D eigenvalue weighted by atomic mass is 35.5. The molecular weight excluding hydrogens is 304 g/mol. The van der Waals surface area contributed by atoms with Gasteiger partial charge in [0.2, 0.25) is 0 Å². The fraction of sp³-hybridized carbons (Fsp3) is 0.333. The van der Waals surface area contributed by atoms with Gasteiger partial charge in [-0.3, -0.25) is 9.36 Å². The van der Waals surface area contributed by atoms with Crippen LogP contribution in [0.5, 0.6) is 0 Å². The SMILES string of the molecule is O=c1[nH]c2c(Cl)cccc2c(=O)n1C1CCS(=O)(=O)C1. The quantitative estimate of drug-likeness (QED) is 0.839. The number of aromatic amines is 1. The molecule has 2 heterocycles. The van der Waals surface area contributed by atoms with Crippen molar-refractivity contribution in [2.45, 2.75) is 12.5 Å². The molecule has 0 radical (unpaired) electrons. The van der Waals surface area contributed by atoms with Crippen LogP contribution in [0, 0.1) is 0 Å². The summed E-state index contributed by atoms with van der Waals surface area (Å²) in [6, 6.07) is 4.13. The van der Waals surface area contributed by atoms with E-state index in [0.29, 0.717) is 0 Å². The molecule has 1 atom stereocenters. The molecule has 1 aromatic heterocycles. The van der Waals surface area contributed by atoms with Crippen LogP contribution in [-0.4, -0.2) is 29.5 Å². The van der Waals surface area contributed by atoms with Crippen LogP contribution in [0.1, 0.15) is 12.5 Å². The van der Waals surface area contributed by atoms with Gasteiger partial charge in [0.15, 0.2) is 9.84 Å². The van der Waals surface area contributed by atoms with Crippen LogP contribution >= 0.6 is 11.6 Å². The third-order valence-electron chi connectivity index (χ3n) is 3.49. The number of sulfone groups is 1. The number of nitrogens with zero attached hydrogens (tertiary/aromatic N) is 1. The van der Waals surface area contributed by atoms with Crippen molar-refractivity contribution in [1.82, 2.24) is 9.55 Å². The zero-order valence-electron chi connectivity index (χ0n) is 10.3. The minimum absolute atomic E-state index is 0.00285. The predicted octanol–water partition coefficient (Wildman–Crippen LogP) is 0.703. The van der Waals surface area contributed by atoms with Crippen molar-refractivity contribution < 1.29 is 8.42 Å². The Labute approximate surface area is 118 Å². The first-order valence-corrected chi connectivity index (χ1v) is 8.22. The predicted molar refractivity (Wildman–Crippen MR) is 76.1 cm³/mol. The van der Waals surface area contributed by atoms with Crippen molar-refractivity contribution in [2.75, 3.05) is 11.5 Å². The first kappa shape index (κ1) is 13.4. The maximum atomic E-state index is 12.4. The number of H-pyrrole nitrogens is 1. The molecule has 0 bridgehead atoms. The van der Waals surface area contributed by atoms with Gasteiger partial charge in [-0.25, -0.2) is 13.2 Å². The van der Waals surface area contributed by atoms with E-state index in [0.717, 1.165) is 4.57 Å². The van der Waals surface area contributed by atoms with E-state index in [1.54, 1.807) is 18.2 Å². The van der Waals surface area contributed by atoms with Crippen LogP contribution in [0.3, 0.4) is 0 Å². The number of benzene rings is 1. The summed E-state index contributed by atoms with van der Waals surface area (Å²) < 4.78 is 24.0. The Kier molecular flexibility index (Phi) is 2.98. The van der Waals surface area contributed by atoms with E-state index < -0.39 is 27.1 Å². The number of nitrogens with one attached hydrogen (secondary N) is 1. The van der Waals surface area contributed by atoms with Gasteiger partial charge in [0.25, 0.3) is 5.56 Å². The second-order valence-electron chi connectivity index (χ2n) is 4.82. The van der Waals surface area contributed by atoms with E-state index in [4.69, 9.17) is 11.6 Å². The summed E-state index contributed by atoms with van der Waals surface area (Å²) >= 11 is 5.94. The van der Waals surface area contributed by atoms with Crippen molar-refractivity contribution in [3.8, 4) is 0 Å². The van der Waals surface area contributed by atoms with Gasteiger partial charge in [0.1, 0.15) is 0 Å². The van der Waals surface area contributed by atoms with Gasteiger partial charge in [-0.15, -0.1) is 0 Å². The Balaban J connectivity index is 2.28. The molecule has 0 spiro atoms. The molecule has 106 valence electrons. The van der Waals surface area contributed by atoms with Gasteiger partial charge >= 0.3 is 5.69 Å². The molecule has 0 amide bonds. The smallest absolute Gasteiger partial charge is 0.305 e. The molecule has 3 rings (SSSR count). The zero-order chi connectivity index (χ0) is 14.5. The second kappa shape index (κ2) is 4.46. The van der Waals surface area contributed by atoms with Crippen LogP contribution in [-0.2, 0) is 9.84 Å². The van der Waals surface area contributed by atoms with Gasteiger partial charge in [0.05, 0.1) is 33.5 Å². The fourth-order valence-electron chi connectivity index (χ4n) is 2.53. The molecule has 1 unspecified atom stereocenters. The number of halogens is 1. The third kappa shape index (κ3) is 2.06. The average molecular weight is 315 g/mol. The number of hydrogen-bond donors (Lipinski definition) is 1. The minimum atomic E-state index is -3.18. The summed E-state index contributed by atoms with van der Waals surface area (Å²) in [5.74, 6) is -0.181. The molecule has 0 saturated carbocycles. The van der Waals surface area contributed by atoms with Gasteiger partial charge in [0, 0.05) is 0 Å². The van der Waals surface area contributed by atoms with E-state index in [1.165, 1.54) is 0 Å². The fourth-order valence-corrected chi connectivity index (χ4v) is 4.45. The van der Waals surface area contributed by atoms with Crippen LogP contribution < -0.4 is 11.2 Å². The lowest BCUT2D eigenvalue weighted by Gasteiger charge is -2.12. The summed E-state index contributed by atoms with van der Waals surface area (Å²) in [6.07, 6.45) is 0.275. The summed E-state index contributed by atoms with van der Waals surface area (Å²) in [6.45, 7) is 0. The molecular formula is C12H11ClN2O4S. The van der Waals surface area contributed by atoms with E-state index in [-0.39, 0.29) is 33.9 Å². The largest absolute Gasteiger partial charge is 0.329 e. The van der Waals surface area contributed by atoms with Gasteiger partial charge in [-0.1, -0.05) is 17.7 Å². The molecule has 1 aliphatic rings. The van der Waals surface area contributed by atoms with E-state index in [1.807, 2.05) is 0 Å². The molecule has 1 saturated heterocycles. The zero-order valence-corrected chi connectivity index (χ0v) is 11.9. The summed E-state index contributed by atoms with van der Waals surface area (Å²) in [5.41, 5.74) is -0.854. The Morgan fingerprint density at radius 3 is 2.70 bits per heavy atom. The van der Waals surface area contributed by atoms with Gasteiger partial charge in [-0.05, 0) is 18.6 Å². The molecule has 1 aromatic carbocycles. The minimum Gasteiger partial charge on any atom is -0.305 e. The number of para-hydroxylation sites is 1. The van der Waals surface area contributed by atoms with Gasteiger partial charge in [-0.2, -0.15) is 0 Å². The third-order valence-corrected chi connectivity index (χ3v) is 5.55. The first-order chi connectivity index (χ1) is 9.39. The molecule has 2 aromatic rings. The Bertz CT molecular complexity index is 913. The molecule has 6 nitrogen and oxygen atoms in total. The van der Waals surface area contributed by atoms with E-state index in [2.05, 4.69) is 4.98 Å². The highest BCUT2D eigenvalue weighted by Gasteiger charge is 2.31. The average Bonchev–Trinajstić information content (AvgIpc) is 2.71. The lowest BCUT2D eigenvalue weighted by Crippen LogP contribution is -2.38. The van der Waals surface area contributed by atoms with Crippen molar-refractivity contribution in [2.24, 2.45) is 0 Å². The number of hydrogen-bond acceptors (Lipinski definition) is 4. The van der Waals surface area contributed by atoms with Crippen molar-refractivity contribution >= 4 is 32.3 Å². The topological polar surface area (TPSA) is 89.0 Å².